The molecule has 0 radical (unpaired) electrons. The number of ether oxygens (including phenoxy) is 1. The van der Waals surface area contributed by atoms with Gasteiger partial charge in [-0.15, -0.1) is 0 Å². The summed E-state index contributed by atoms with van der Waals surface area (Å²) in [5, 5.41) is 0.924. The molecule has 2 amide bonds. The summed E-state index contributed by atoms with van der Waals surface area (Å²) in [7, 11) is 0. The number of hydrazine groups is 1. The smallest absolute Gasteiger partial charge is 0.269 e. The van der Waals surface area contributed by atoms with Crippen molar-refractivity contribution in [1.29, 1.82) is 0 Å². The molecule has 0 spiro atoms. The number of benzene rings is 3. The van der Waals surface area contributed by atoms with Crippen LogP contribution in [0, 0.1) is 6.92 Å². The normalized spacial score (nSPS) is 10.6. The molecule has 0 aliphatic carbocycles. The van der Waals surface area contributed by atoms with Crippen molar-refractivity contribution in [3.63, 3.8) is 0 Å². The molecule has 3 aromatic carbocycles. The van der Waals surface area contributed by atoms with E-state index in [-0.39, 0.29) is 18.2 Å². The van der Waals surface area contributed by atoms with E-state index >= 15 is 0 Å². The van der Waals surface area contributed by atoms with Crippen LogP contribution < -0.4 is 15.6 Å². The predicted octanol–water partition coefficient (Wildman–Crippen LogP) is 4.06. The van der Waals surface area contributed by atoms with Gasteiger partial charge in [0, 0.05) is 22.2 Å². The third-order valence-corrected chi connectivity index (χ3v) is 5.03. The molecule has 1 aromatic heterocycles. The van der Waals surface area contributed by atoms with Gasteiger partial charge in [-0.3, -0.25) is 20.4 Å². The number of carbonyl (C=O) groups excluding carboxylic acids is 2. The maximum Gasteiger partial charge on any atom is 0.269 e. The van der Waals surface area contributed by atoms with Crippen LogP contribution in [0.4, 0.5) is 0 Å². The van der Waals surface area contributed by atoms with E-state index in [2.05, 4.69) is 15.8 Å². The fourth-order valence-electron chi connectivity index (χ4n) is 3.41. The summed E-state index contributed by atoms with van der Waals surface area (Å²) >= 11 is 0. The fourth-order valence-corrected chi connectivity index (χ4v) is 3.41. The van der Waals surface area contributed by atoms with Gasteiger partial charge >= 0.3 is 0 Å². The topological polar surface area (TPSA) is 83.2 Å². The molecule has 0 bridgehead atoms. The van der Waals surface area contributed by atoms with Gasteiger partial charge in [-0.2, -0.15) is 0 Å². The lowest BCUT2D eigenvalue weighted by atomic mass is 10.1. The zero-order valence-corrected chi connectivity index (χ0v) is 17.1. The first-order chi connectivity index (χ1) is 15.1. The highest BCUT2D eigenvalue weighted by molar-refractivity contribution is 5.96. The van der Waals surface area contributed by atoms with Gasteiger partial charge in [-0.1, -0.05) is 48.5 Å². The molecule has 31 heavy (non-hydrogen) atoms. The van der Waals surface area contributed by atoms with Crippen LogP contribution in [-0.2, 0) is 17.8 Å². The van der Waals surface area contributed by atoms with E-state index < -0.39 is 0 Å². The molecular formula is C25H23N3O3. The number of hydrogen-bond acceptors (Lipinski definition) is 3. The number of aromatic nitrogens is 1. The summed E-state index contributed by atoms with van der Waals surface area (Å²) in [6.07, 6.45) is 0.128. The van der Waals surface area contributed by atoms with Crippen molar-refractivity contribution in [3.8, 4) is 5.75 Å². The van der Waals surface area contributed by atoms with Crippen LogP contribution in [0.2, 0.25) is 0 Å². The van der Waals surface area contributed by atoms with E-state index in [0.717, 1.165) is 33.5 Å². The SMILES string of the molecule is Cc1[nH]c2ccc(OCc3ccccc3)cc2c1CC(=O)NNC(=O)c1ccccc1. The Hall–Kier alpha value is -4.06. The van der Waals surface area contributed by atoms with Crippen LogP contribution in [0.5, 0.6) is 5.75 Å². The molecule has 0 saturated heterocycles. The summed E-state index contributed by atoms with van der Waals surface area (Å²) in [4.78, 5) is 27.9. The third kappa shape index (κ3) is 4.93. The largest absolute Gasteiger partial charge is 0.489 e. The second kappa shape index (κ2) is 9.17. The lowest BCUT2D eigenvalue weighted by Gasteiger charge is -2.09. The van der Waals surface area contributed by atoms with Gasteiger partial charge in [-0.25, -0.2) is 0 Å². The van der Waals surface area contributed by atoms with Gasteiger partial charge in [0.1, 0.15) is 12.4 Å². The molecule has 6 nitrogen and oxygen atoms in total. The van der Waals surface area contributed by atoms with Crippen molar-refractivity contribution in [3.05, 3.63) is 101 Å². The monoisotopic (exact) mass is 413 g/mol. The highest BCUT2D eigenvalue weighted by Crippen LogP contribution is 2.27. The van der Waals surface area contributed by atoms with E-state index in [0.29, 0.717) is 12.2 Å². The Morgan fingerprint density at radius 2 is 1.61 bits per heavy atom. The Balaban J connectivity index is 1.43. The summed E-state index contributed by atoms with van der Waals surface area (Å²) in [5.41, 5.74) is 9.21. The number of aromatic amines is 1. The number of H-pyrrole nitrogens is 1. The van der Waals surface area contributed by atoms with Gasteiger partial charge < -0.3 is 9.72 Å². The summed E-state index contributed by atoms with van der Waals surface area (Å²) in [5.74, 6) is 0.0690. The van der Waals surface area contributed by atoms with Crippen molar-refractivity contribution in [2.45, 2.75) is 20.0 Å². The van der Waals surface area contributed by atoms with Gasteiger partial charge in [0.05, 0.1) is 6.42 Å². The van der Waals surface area contributed by atoms with Crippen LogP contribution in [0.3, 0.4) is 0 Å². The summed E-state index contributed by atoms with van der Waals surface area (Å²) in [6.45, 7) is 2.40. The number of amides is 2. The fraction of sp³-hybridized carbons (Fsp3) is 0.120. The van der Waals surface area contributed by atoms with E-state index in [9.17, 15) is 9.59 Å². The minimum atomic E-state index is -0.360. The highest BCUT2D eigenvalue weighted by Gasteiger charge is 2.14. The third-order valence-electron chi connectivity index (χ3n) is 5.03. The van der Waals surface area contributed by atoms with Gasteiger partial charge in [0.25, 0.3) is 5.91 Å². The maximum atomic E-state index is 12.5. The Kier molecular flexibility index (Phi) is 5.98. The molecule has 0 unspecified atom stereocenters. The van der Waals surface area contributed by atoms with Crippen LogP contribution in [0.25, 0.3) is 10.9 Å². The maximum absolute atomic E-state index is 12.5. The molecule has 6 heteroatoms. The van der Waals surface area contributed by atoms with E-state index in [1.165, 1.54) is 0 Å². The molecule has 0 atom stereocenters. The van der Waals surface area contributed by atoms with Crippen molar-refractivity contribution in [1.82, 2.24) is 15.8 Å². The average Bonchev–Trinajstić information content (AvgIpc) is 3.11. The Morgan fingerprint density at radius 3 is 2.35 bits per heavy atom. The number of rotatable bonds is 6. The molecule has 0 aliphatic rings. The molecule has 4 aromatic rings. The molecule has 156 valence electrons. The summed E-state index contributed by atoms with van der Waals surface area (Å²) in [6, 6.07) is 24.5. The van der Waals surface area contributed by atoms with Crippen molar-refractivity contribution >= 4 is 22.7 Å². The Labute approximate surface area is 180 Å². The van der Waals surface area contributed by atoms with Gasteiger partial charge in [0.2, 0.25) is 5.91 Å². The second-order valence-corrected chi connectivity index (χ2v) is 7.26. The zero-order valence-electron chi connectivity index (χ0n) is 17.1. The first-order valence-electron chi connectivity index (χ1n) is 10.0. The number of hydrogen-bond donors (Lipinski definition) is 3. The molecule has 0 aliphatic heterocycles. The van der Waals surface area contributed by atoms with Crippen LogP contribution in [-0.4, -0.2) is 16.8 Å². The first-order valence-corrected chi connectivity index (χ1v) is 10.0. The molecule has 0 fully saturated rings. The van der Waals surface area contributed by atoms with E-state index in [1.54, 1.807) is 24.3 Å². The van der Waals surface area contributed by atoms with Crippen molar-refractivity contribution < 1.29 is 14.3 Å². The van der Waals surface area contributed by atoms with E-state index in [1.807, 2.05) is 61.5 Å². The lowest BCUT2D eigenvalue weighted by molar-refractivity contribution is -0.121. The number of carbonyl (C=O) groups is 2. The minimum absolute atomic E-state index is 0.128. The first kappa shape index (κ1) is 20.2. The van der Waals surface area contributed by atoms with Gasteiger partial charge in [0.15, 0.2) is 0 Å². The average molecular weight is 413 g/mol. The quantitative estimate of drug-likeness (QED) is 0.417. The van der Waals surface area contributed by atoms with Crippen LogP contribution in [0.15, 0.2) is 78.9 Å². The molecule has 4 rings (SSSR count). The Morgan fingerprint density at radius 1 is 0.903 bits per heavy atom. The van der Waals surface area contributed by atoms with Gasteiger partial charge in [-0.05, 0) is 48.4 Å². The minimum Gasteiger partial charge on any atom is -0.489 e. The second-order valence-electron chi connectivity index (χ2n) is 7.26. The van der Waals surface area contributed by atoms with Crippen molar-refractivity contribution in [2.24, 2.45) is 0 Å². The number of aryl methyl sites for hydroxylation is 1. The number of fused-ring (bicyclic) bond motifs is 1. The van der Waals surface area contributed by atoms with Crippen LogP contribution in [0.1, 0.15) is 27.2 Å². The highest BCUT2D eigenvalue weighted by atomic mass is 16.5. The molecular weight excluding hydrogens is 390 g/mol. The zero-order chi connectivity index (χ0) is 21.6. The van der Waals surface area contributed by atoms with Crippen molar-refractivity contribution in [2.75, 3.05) is 0 Å². The molecule has 3 N–H and O–H groups in total. The van der Waals surface area contributed by atoms with E-state index in [4.69, 9.17) is 4.74 Å². The Bertz CT molecular complexity index is 1200. The van der Waals surface area contributed by atoms with Crippen LogP contribution >= 0.6 is 0 Å². The number of nitrogens with one attached hydrogen (secondary N) is 3. The molecule has 1 heterocycles. The standard InChI is InChI=1S/C25H23N3O3/c1-17-21(15-24(29)27-28-25(30)19-10-6-3-7-11-19)22-14-20(12-13-23(22)26-17)31-16-18-8-4-2-5-9-18/h2-14,26H,15-16H2,1H3,(H,27,29)(H,28,30). The summed E-state index contributed by atoms with van der Waals surface area (Å²) < 4.78 is 5.93. The lowest BCUT2D eigenvalue weighted by Crippen LogP contribution is -2.42. The molecule has 0 saturated carbocycles. The predicted molar refractivity (Wildman–Crippen MR) is 120 cm³/mol.